The van der Waals surface area contributed by atoms with E-state index in [-0.39, 0.29) is 23.3 Å². The Labute approximate surface area is 156 Å². The van der Waals surface area contributed by atoms with Crippen molar-refractivity contribution in [3.05, 3.63) is 38.8 Å². The molecule has 7 nitrogen and oxygen atoms in total. The monoisotopic (exact) mass is 405 g/mol. The van der Waals surface area contributed by atoms with E-state index in [4.69, 9.17) is 34.8 Å². The van der Waals surface area contributed by atoms with Crippen LogP contribution in [-0.4, -0.2) is 34.1 Å². The highest BCUT2D eigenvalue weighted by Crippen LogP contribution is 2.19. The van der Waals surface area contributed by atoms with Crippen molar-refractivity contribution in [3.8, 4) is 0 Å². The van der Waals surface area contributed by atoms with Crippen LogP contribution in [0, 0.1) is 0 Å². The number of halogens is 3. The van der Waals surface area contributed by atoms with E-state index in [0.717, 1.165) is 11.3 Å². The Morgan fingerprint density at radius 3 is 2.75 bits per heavy atom. The Morgan fingerprint density at radius 1 is 1.25 bits per heavy atom. The summed E-state index contributed by atoms with van der Waals surface area (Å²) < 4.78 is 0. The fourth-order valence-electron chi connectivity index (χ4n) is 1.49. The molecule has 0 saturated heterocycles. The van der Waals surface area contributed by atoms with E-state index in [1.54, 1.807) is 18.2 Å². The van der Waals surface area contributed by atoms with Gasteiger partial charge in [-0.1, -0.05) is 40.6 Å². The van der Waals surface area contributed by atoms with Crippen molar-refractivity contribution in [1.29, 1.82) is 0 Å². The van der Waals surface area contributed by atoms with Crippen LogP contribution in [0.25, 0.3) is 0 Å². The molecule has 0 aliphatic rings. The number of hydrazone groups is 1. The number of hydrogen-bond acceptors (Lipinski definition) is 6. The molecule has 1 aromatic heterocycles. The molecule has 126 valence electrons. The average molecular weight is 407 g/mol. The highest BCUT2D eigenvalue weighted by Gasteiger charge is 2.10. The first kappa shape index (κ1) is 18.6. The van der Waals surface area contributed by atoms with Crippen LogP contribution >= 0.6 is 46.1 Å². The summed E-state index contributed by atoms with van der Waals surface area (Å²) in [5.74, 6) is -0.965. The standard InChI is InChI=1S/C13H10Cl3N5O2S/c14-5-11(23)18-13-21-20-12(24-13)4-10(22)19-17-6-7-1-2-8(15)3-9(7)16/h1-3,6H,4-5H2,(H,19,22)(H,18,21,23)/b17-6-. The molecule has 0 radical (unpaired) electrons. The van der Waals surface area contributed by atoms with Crippen LogP contribution < -0.4 is 10.7 Å². The molecule has 1 aromatic carbocycles. The Bertz CT molecular complexity index is 781. The van der Waals surface area contributed by atoms with Gasteiger partial charge in [0.25, 0.3) is 0 Å². The van der Waals surface area contributed by atoms with Gasteiger partial charge in [0.05, 0.1) is 17.7 Å². The maximum absolute atomic E-state index is 11.8. The first-order chi connectivity index (χ1) is 11.5. The van der Waals surface area contributed by atoms with E-state index in [1.807, 2.05) is 0 Å². The molecule has 2 rings (SSSR count). The molecule has 0 spiro atoms. The second-order valence-corrected chi connectivity index (χ2v) is 6.49. The highest BCUT2D eigenvalue weighted by molar-refractivity contribution is 7.15. The Balaban J connectivity index is 1.87. The molecule has 0 atom stereocenters. The highest BCUT2D eigenvalue weighted by atomic mass is 35.5. The molecule has 2 aromatic rings. The van der Waals surface area contributed by atoms with Gasteiger partial charge in [0.2, 0.25) is 16.9 Å². The summed E-state index contributed by atoms with van der Waals surface area (Å²) in [6, 6.07) is 4.91. The summed E-state index contributed by atoms with van der Waals surface area (Å²) in [5, 5.41) is 15.4. The molecule has 0 aliphatic carbocycles. The van der Waals surface area contributed by atoms with Gasteiger partial charge in [-0.05, 0) is 12.1 Å². The van der Waals surface area contributed by atoms with Gasteiger partial charge >= 0.3 is 0 Å². The molecule has 1 heterocycles. The van der Waals surface area contributed by atoms with Gasteiger partial charge in [-0.25, -0.2) is 5.43 Å². The molecule has 0 fully saturated rings. The first-order valence-electron chi connectivity index (χ1n) is 6.43. The number of aromatic nitrogens is 2. The summed E-state index contributed by atoms with van der Waals surface area (Å²) >= 11 is 18.2. The Hall–Kier alpha value is -1.74. The molecular weight excluding hydrogens is 397 g/mol. The third-order valence-corrected chi connectivity index (χ3v) is 4.15. The first-order valence-corrected chi connectivity index (χ1v) is 8.54. The predicted octanol–water partition coefficient (Wildman–Crippen LogP) is 2.72. The van der Waals surface area contributed by atoms with Crippen molar-refractivity contribution < 1.29 is 9.59 Å². The predicted molar refractivity (Wildman–Crippen MR) is 95.2 cm³/mol. The molecule has 2 N–H and O–H groups in total. The van der Waals surface area contributed by atoms with Gasteiger partial charge in [0.1, 0.15) is 10.9 Å². The zero-order chi connectivity index (χ0) is 17.5. The Kier molecular flexibility index (Phi) is 6.92. The zero-order valence-electron chi connectivity index (χ0n) is 11.9. The summed E-state index contributed by atoms with van der Waals surface area (Å²) in [6.45, 7) is 0. The second kappa shape index (κ2) is 8.93. The van der Waals surface area contributed by atoms with Crippen LogP contribution in [0.1, 0.15) is 10.6 Å². The normalized spacial score (nSPS) is 10.8. The molecule has 0 aliphatic heterocycles. The van der Waals surface area contributed by atoms with E-state index >= 15 is 0 Å². The van der Waals surface area contributed by atoms with Crippen molar-refractivity contribution in [3.63, 3.8) is 0 Å². The molecule has 11 heteroatoms. The van der Waals surface area contributed by atoms with E-state index in [1.165, 1.54) is 6.21 Å². The van der Waals surface area contributed by atoms with E-state index in [9.17, 15) is 9.59 Å². The summed E-state index contributed by atoms with van der Waals surface area (Å²) in [7, 11) is 0. The Morgan fingerprint density at radius 2 is 2.04 bits per heavy atom. The third kappa shape index (κ3) is 5.72. The number of rotatable bonds is 6. The fraction of sp³-hybridized carbons (Fsp3) is 0.154. The number of nitrogens with one attached hydrogen (secondary N) is 2. The van der Waals surface area contributed by atoms with Gasteiger partial charge in [-0.15, -0.1) is 21.8 Å². The third-order valence-electron chi connectivity index (χ3n) is 2.50. The maximum Gasteiger partial charge on any atom is 0.247 e. The quantitative estimate of drug-likeness (QED) is 0.438. The minimum absolute atomic E-state index is 0.0277. The van der Waals surface area contributed by atoms with E-state index < -0.39 is 5.91 Å². The molecule has 24 heavy (non-hydrogen) atoms. The number of carbonyl (C=O) groups excluding carboxylic acids is 2. The number of benzene rings is 1. The van der Waals surface area contributed by atoms with Crippen LogP contribution in [0.3, 0.4) is 0 Å². The number of alkyl halides is 1. The van der Waals surface area contributed by atoms with Crippen molar-refractivity contribution in [1.82, 2.24) is 15.6 Å². The largest absolute Gasteiger partial charge is 0.299 e. The molecule has 2 amide bonds. The van der Waals surface area contributed by atoms with Crippen molar-refractivity contribution in [2.75, 3.05) is 11.2 Å². The van der Waals surface area contributed by atoms with Crippen LogP contribution in [0.2, 0.25) is 10.0 Å². The summed E-state index contributed by atoms with van der Waals surface area (Å²) in [5.41, 5.74) is 2.97. The number of anilines is 1. The van der Waals surface area contributed by atoms with Crippen molar-refractivity contribution >= 4 is 69.3 Å². The lowest BCUT2D eigenvalue weighted by Gasteiger charge is -1.99. The zero-order valence-corrected chi connectivity index (χ0v) is 15.0. The SMILES string of the molecule is O=C(Cc1nnc(NC(=O)CCl)s1)N/N=C\c1ccc(Cl)cc1Cl. The maximum atomic E-state index is 11.8. The molecule has 0 bridgehead atoms. The smallest absolute Gasteiger partial charge is 0.247 e. The van der Waals surface area contributed by atoms with E-state index in [2.05, 4.69) is 26.0 Å². The lowest BCUT2D eigenvalue weighted by atomic mass is 10.2. The fourth-order valence-corrected chi connectivity index (χ4v) is 2.76. The minimum atomic E-state index is -0.395. The van der Waals surface area contributed by atoms with Gasteiger partial charge < -0.3 is 0 Å². The summed E-state index contributed by atoms with van der Waals surface area (Å²) in [6.07, 6.45) is 1.38. The lowest BCUT2D eigenvalue weighted by molar-refractivity contribution is -0.120. The van der Waals surface area contributed by atoms with Crippen LogP contribution in [0.15, 0.2) is 23.3 Å². The number of hydrogen-bond donors (Lipinski definition) is 2. The van der Waals surface area contributed by atoms with Gasteiger partial charge in [0, 0.05) is 10.6 Å². The average Bonchev–Trinajstić information content (AvgIpc) is 2.96. The summed E-state index contributed by atoms with van der Waals surface area (Å²) in [4.78, 5) is 22.9. The minimum Gasteiger partial charge on any atom is -0.299 e. The van der Waals surface area contributed by atoms with E-state index in [0.29, 0.717) is 20.6 Å². The molecule has 0 saturated carbocycles. The van der Waals surface area contributed by atoms with Crippen molar-refractivity contribution in [2.24, 2.45) is 5.10 Å². The van der Waals surface area contributed by atoms with Crippen LogP contribution in [0.4, 0.5) is 5.13 Å². The second-order valence-electron chi connectivity index (χ2n) is 4.32. The molecular formula is C13H10Cl3N5O2S. The number of nitrogens with zero attached hydrogens (tertiary/aromatic N) is 3. The molecule has 0 unspecified atom stereocenters. The number of amides is 2. The lowest BCUT2D eigenvalue weighted by Crippen LogP contribution is -2.19. The van der Waals surface area contributed by atoms with Crippen LogP contribution in [-0.2, 0) is 16.0 Å². The van der Waals surface area contributed by atoms with Crippen molar-refractivity contribution in [2.45, 2.75) is 6.42 Å². The topological polar surface area (TPSA) is 96.3 Å². The number of carbonyl (C=O) groups is 2. The van der Waals surface area contributed by atoms with Gasteiger partial charge in [-0.2, -0.15) is 5.10 Å². The van der Waals surface area contributed by atoms with Gasteiger partial charge in [0.15, 0.2) is 0 Å². The van der Waals surface area contributed by atoms with Gasteiger partial charge in [-0.3, -0.25) is 14.9 Å². The van der Waals surface area contributed by atoms with Crippen LogP contribution in [0.5, 0.6) is 0 Å².